The molecule has 4 heteroatoms. The van der Waals surface area contributed by atoms with Gasteiger partial charge in [0.15, 0.2) is 0 Å². The van der Waals surface area contributed by atoms with Gasteiger partial charge in [-0.1, -0.05) is 29.8 Å². The van der Waals surface area contributed by atoms with Gasteiger partial charge in [0, 0.05) is 18.0 Å². The van der Waals surface area contributed by atoms with Crippen LogP contribution >= 0.6 is 11.3 Å². The number of carbonyl (C=O) groups excluding carboxylic acids is 1. The van der Waals surface area contributed by atoms with E-state index in [0.717, 1.165) is 12.8 Å². The van der Waals surface area contributed by atoms with Gasteiger partial charge in [0.25, 0.3) is 5.91 Å². The maximum atomic E-state index is 12.4. The average molecular weight is 272 g/mol. The number of aryl methyl sites for hydroxylation is 1. The van der Waals surface area contributed by atoms with E-state index >= 15 is 0 Å². The molecule has 0 saturated heterocycles. The fourth-order valence-corrected chi connectivity index (χ4v) is 2.75. The smallest absolute Gasteiger partial charge is 0.273 e. The predicted molar refractivity (Wildman–Crippen MR) is 76.2 cm³/mol. The molecule has 3 nitrogen and oxygen atoms in total. The average Bonchev–Trinajstić information content (AvgIpc) is 3.09. The monoisotopic (exact) mass is 272 g/mol. The van der Waals surface area contributed by atoms with Gasteiger partial charge in [-0.25, -0.2) is 4.98 Å². The molecule has 98 valence electrons. The number of nitrogens with zero attached hydrogens (tertiary/aromatic N) is 2. The van der Waals surface area contributed by atoms with Crippen LogP contribution in [0.15, 0.2) is 35.2 Å². The van der Waals surface area contributed by atoms with Crippen LogP contribution in [0.25, 0.3) is 0 Å². The van der Waals surface area contributed by atoms with Gasteiger partial charge < -0.3 is 4.90 Å². The molecule has 19 heavy (non-hydrogen) atoms. The highest BCUT2D eigenvalue weighted by molar-refractivity contribution is 7.07. The van der Waals surface area contributed by atoms with Gasteiger partial charge in [0.1, 0.15) is 5.69 Å². The summed E-state index contributed by atoms with van der Waals surface area (Å²) in [7, 11) is 0. The predicted octanol–water partition coefficient (Wildman–Crippen LogP) is 3.26. The fraction of sp³-hybridized carbons (Fsp3) is 0.333. The van der Waals surface area contributed by atoms with Crippen LogP contribution in [0, 0.1) is 6.92 Å². The number of hydrogen-bond acceptors (Lipinski definition) is 3. The minimum Gasteiger partial charge on any atom is -0.330 e. The molecule has 1 saturated carbocycles. The Hall–Kier alpha value is -1.68. The number of carbonyl (C=O) groups is 1. The highest BCUT2D eigenvalue weighted by Crippen LogP contribution is 2.29. The Bertz CT molecular complexity index is 576. The number of rotatable bonds is 4. The molecule has 1 aliphatic rings. The van der Waals surface area contributed by atoms with Crippen LogP contribution < -0.4 is 0 Å². The van der Waals surface area contributed by atoms with Crippen LogP contribution in [0.3, 0.4) is 0 Å². The van der Waals surface area contributed by atoms with Gasteiger partial charge in [0.2, 0.25) is 0 Å². The molecule has 0 atom stereocenters. The normalized spacial score (nSPS) is 14.4. The van der Waals surface area contributed by atoms with Gasteiger partial charge in [-0.3, -0.25) is 4.79 Å². The molecule has 1 heterocycles. The van der Waals surface area contributed by atoms with E-state index in [1.165, 1.54) is 22.5 Å². The molecule has 1 aromatic heterocycles. The first-order chi connectivity index (χ1) is 9.24. The number of aromatic nitrogens is 1. The zero-order chi connectivity index (χ0) is 13.2. The zero-order valence-corrected chi connectivity index (χ0v) is 11.7. The molecular formula is C15H16N2OS. The first kappa shape index (κ1) is 12.4. The fourth-order valence-electron chi connectivity index (χ4n) is 2.23. The third kappa shape index (κ3) is 2.84. The summed E-state index contributed by atoms with van der Waals surface area (Å²) in [6.07, 6.45) is 2.23. The zero-order valence-electron chi connectivity index (χ0n) is 10.9. The molecule has 2 aromatic rings. The lowest BCUT2D eigenvalue weighted by Crippen LogP contribution is -2.32. The maximum Gasteiger partial charge on any atom is 0.273 e. The van der Waals surface area contributed by atoms with Crippen molar-refractivity contribution in [2.75, 3.05) is 0 Å². The van der Waals surface area contributed by atoms with Gasteiger partial charge in [-0.05, 0) is 25.3 Å². The second kappa shape index (κ2) is 5.13. The largest absolute Gasteiger partial charge is 0.330 e. The van der Waals surface area contributed by atoms with Crippen LogP contribution in [0.1, 0.15) is 34.5 Å². The lowest BCUT2D eigenvalue weighted by molar-refractivity contribution is 0.0724. The van der Waals surface area contributed by atoms with Crippen molar-refractivity contribution in [3.63, 3.8) is 0 Å². The summed E-state index contributed by atoms with van der Waals surface area (Å²) in [5.41, 5.74) is 4.71. The third-order valence-corrected chi connectivity index (χ3v) is 3.92. The molecule has 1 aliphatic carbocycles. The van der Waals surface area contributed by atoms with Gasteiger partial charge in [-0.15, -0.1) is 11.3 Å². The molecule has 1 amide bonds. The minimum atomic E-state index is 0.0604. The van der Waals surface area contributed by atoms with Crippen molar-refractivity contribution in [1.82, 2.24) is 9.88 Å². The summed E-state index contributed by atoms with van der Waals surface area (Å²) < 4.78 is 0. The summed E-state index contributed by atoms with van der Waals surface area (Å²) in [5.74, 6) is 0.0604. The number of thiazole rings is 1. The Morgan fingerprint density at radius 3 is 2.95 bits per heavy atom. The van der Waals surface area contributed by atoms with Crippen LogP contribution in [-0.2, 0) is 6.54 Å². The van der Waals surface area contributed by atoms with Crippen LogP contribution in [-0.4, -0.2) is 21.8 Å². The highest BCUT2D eigenvalue weighted by atomic mass is 32.1. The maximum absolute atomic E-state index is 12.4. The second-order valence-corrected chi connectivity index (χ2v) is 5.75. The summed E-state index contributed by atoms with van der Waals surface area (Å²) in [4.78, 5) is 18.5. The van der Waals surface area contributed by atoms with E-state index in [4.69, 9.17) is 0 Å². The first-order valence-corrected chi connectivity index (χ1v) is 7.43. The molecule has 3 rings (SSSR count). The number of hydrogen-bond donors (Lipinski definition) is 0. The van der Waals surface area contributed by atoms with Crippen LogP contribution in [0.2, 0.25) is 0 Å². The molecule has 1 aromatic carbocycles. The van der Waals surface area contributed by atoms with E-state index in [1.807, 2.05) is 16.3 Å². The van der Waals surface area contributed by atoms with E-state index in [1.54, 1.807) is 5.51 Å². The lowest BCUT2D eigenvalue weighted by Gasteiger charge is -2.21. The summed E-state index contributed by atoms with van der Waals surface area (Å²) in [6, 6.07) is 8.74. The molecule has 0 aliphatic heterocycles. The van der Waals surface area contributed by atoms with Gasteiger partial charge in [0.05, 0.1) is 5.51 Å². The van der Waals surface area contributed by atoms with Crippen molar-refractivity contribution in [1.29, 1.82) is 0 Å². The van der Waals surface area contributed by atoms with Crippen molar-refractivity contribution in [3.05, 3.63) is 52.0 Å². The topological polar surface area (TPSA) is 33.2 Å². The van der Waals surface area contributed by atoms with Gasteiger partial charge >= 0.3 is 0 Å². The number of benzene rings is 1. The summed E-state index contributed by atoms with van der Waals surface area (Å²) >= 11 is 1.47. The van der Waals surface area contributed by atoms with Crippen LogP contribution in [0.4, 0.5) is 0 Å². The Morgan fingerprint density at radius 1 is 1.47 bits per heavy atom. The van der Waals surface area contributed by atoms with Gasteiger partial charge in [-0.2, -0.15) is 0 Å². The molecule has 1 fully saturated rings. The molecule has 0 unspecified atom stereocenters. The quantitative estimate of drug-likeness (QED) is 0.856. The lowest BCUT2D eigenvalue weighted by atomic mass is 10.1. The van der Waals surface area contributed by atoms with Crippen molar-refractivity contribution >= 4 is 17.2 Å². The summed E-state index contributed by atoms with van der Waals surface area (Å²) in [5, 5.41) is 1.83. The Labute approximate surface area is 116 Å². The molecule has 0 bridgehead atoms. The highest BCUT2D eigenvalue weighted by Gasteiger charge is 2.33. The molecule has 0 spiro atoms. The van der Waals surface area contributed by atoms with E-state index in [0.29, 0.717) is 18.3 Å². The standard InChI is InChI=1S/C15H16N2OS/c1-11-3-2-4-12(7-11)8-17(13-5-6-13)15(18)14-9-19-10-16-14/h2-4,7,9-10,13H,5-6,8H2,1H3. The van der Waals surface area contributed by atoms with Crippen molar-refractivity contribution in [3.8, 4) is 0 Å². The summed E-state index contributed by atoms with van der Waals surface area (Å²) in [6.45, 7) is 2.76. The second-order valence-electron chi connectivity index (χ2n) is 5.03. The SMILES string of the molecule is Cc1cccc(CN(C(=O)c2cscn2)C2CC2)c1. The third-order valence-electron chi connectivity index (χ3n) is 3.34. The van der Waals surface area contributed by atoms with Crippen molar-refractivity contribution in [2.45, 2.75) is 32.4 Å². The molecular weight excluding hydrogens is 256 g/mol. The van der Waals surface area contributed by atoms with E-state index < -0.39 is 0 Å². The van der Waals surface area contributed by atoms with Crippen LogP contribution in [0.5, 0.6) is 0 Å². The number of amides is 1. The van der Waals surface area contributed by atoms with E-state index in [2.05, 4.69) is 30.1 Å². The van der Waals surface area contributed by atoms with E-state index in [9.17, 15) is 4.79 Å². The van der Waals surface area contributed by atoms with Crippen molar-refractivity contribution in [2.24, 2.45) is 0 Å². The molecule has 0 radical (unpaired) electrons. The first-order valence-electron chi connectivity index (χ1n) is 6.49. The Morgan fingerprint density at radius 2 is 2.32 bits per heavy atom. The van der Waals surface area contributed by atoms with E-state index in [-0.39, 0.29) is 5.91 Å². The minimum absolute atomic E-state index is 0.0604. The Kier molecular flexibility index (Phi) is 3.34. The Balaban J connectivity index is 1.80. The molecule has 0 N–H and O–H groups in total. The van der Waals surface area contributed by atoms with Crippen molar-refractivity contribution < 1.29 is 4.79 Å².